The monoisotopic (exact) mass is 303 g/mol. The van der Waals surface area contributed by atoms with E-state index in [1.54, 1.807) is 0 Å². The Hall–Kier alpha value is -0.660. The van der Waals surface area contributed by atoms with E-state index >= 15 is 0 Å². The second-order valence-corrected chi connectivity index (χ2v) is 7.36. The second kappa shape index (κ2) is 6.87. The maximum Gasteiger partial charge on any atom is 0.277 e. The van der Waals surface area contributed by atoms with E-state index in [9.17, 15) is 13.2 Å². The summed E-state index contributed by atoms with van der Waals surface area (Å²) in [6.07, 6.45) is 7.96. The molecule has 1 heterocycles. The molecule has 116 valence electrons. The number of amides is 1. The number of carbonyl (C=O) groups excluding carboxylic acids is 1. The summed E-state index contributed by atoms with van der Waals surface area (Å²) in [5.74, 6) is 0.345. The van der Waals surface area contributed by atoms with E-state index in [1.165, 1.54) is 23.6 Å². The van der Waals surface area contributed by atoms with Crippen molar-refractivity contribution in [3.05, 3.63) is 0 Å². The fourth-order valence-electron chi connectivity index (χ4n) is 3.12. The molecule has 0 aromatic heterocycles. The normalized spacial score (nSPS) is 24.1. The van der Waals surface area contributed by atoms with Crippen LogP contribution in [0.3, 0.4) is 0 Å². The molecule has 1 aliphatic carbocycles. The van der Waals surface area contributed by atoms with Gasteiger partial charge in [-0.1, -0.05) is 32.1 Å². The highest BCUT2D eigenvalue weighted by Crippen LogP contribution is 2.24. The van der Waals surface area contributed by atoms with E-state index < -0.39 is 10.2 Å². The molecule has 1 saturated heterocycles. The number of hydrogen-bond donors (Lipinski definition) is 1. The van der Waals surface area contributed by atoms with Crippen LogP contribution in [0.15, 0.2) is 0 Å². The van der Waals surface area contributed by atoms with Crippen LogP contribution in [0, 0.1) is 5.92 Å². The number of rotatable bonds is 2. The van der Waals surface area contributed by atoms with Crippen molar-refractivity contribution in [1.82, 2.24) is 9.21 Å². The Kier molecular flexibility index (Phi) is 5.40. The summed E-state index contributed by atoms with van der Waals surface area (Å²) in [7, 11) is -3.62. The van der Waals surface area contributed by atoms with Crippen molar-refractivity contribution in [3.63, 3.8) is 0 Å². The lowest BCUT2D eigenvalue weighted by atomic mass is 9.90. The number of nitrogens with two attached hydrogens (primary N) is 1. The molecule has 0 radical (unpaired) electrons. The van der Waals surface area contributed by atoms with E-state index in [0.717, 1.165) is 25.7 Å². The first-order valence-electron chi connectivity index (χ1n) is 7.55. The molecule has 1 amide bonds. The molecule has 2 aliphatic rings. The van der Waals surface area contributed by atoms with Crippen molar-refractivity contribution in [2.75, 3.05) is 26.2 Å². The number of carbonyl (C=O) groups is 1. The topological polar surface area (TPSA) is 83.7 Å². The fraction of sp³-hybridized carbons (Fsp3) is 0.923. The third-order valence-electron chi connectivity index (χ3n) is 4.36. The summed E-state index contributed by atoms with van der Waals surface area (Å²) < 4.78 is 23.7. The Balaban J connectivity index is 1.87. The highest BCUT2D eigenvalue weighted by molar-refractivity contribution is 7.86. The summed E-state index contributed by atoms with van der Waals surface area (Å²) in [6.45, 7) is 1.56. The van der Waals surface area contributed by atoms with E-state index in [4.69, 9.17) is 5.14 Å². The minimum absolute atomic E-state index is 0.135. The number of nitrogens with zero attached hydrogens (tertiary/aromatic N) is 2. The van der Waals surface area contributed by atoms with E-state index in [-0.39, 0.29) is 11.8 Å². The summed E-state index contributed by atoms with van der Waals surface area (Å²) in [6, 6.07) is 0. The molecule has 2 N–H and O–H groups in total. The van der Waals surface area contributed by atoms with Gasteiger partial charge < -0.3 is 4.90 Å². The molecule has 1 aliphatic heterocycles. The third kappa shape index (κ3) is 4.17. The summed E-state index contributed by atoms with van der Waals surface area (Å²) >= 11 is 0. The van der Waals surface area contributed by atoms with Gasteiger partial charge in [-0.3, -0.25) is 4.79 Å². The van der Waals surface area contributed by atoms with Gasteiger partial charge in [0.05, 0.1) is 0 Å². The van der Waals surface area contributed by atoms with Crippen LogP contribution in [0.25, 0.3) is 0 Å². The number of piperazine rings is 1. The first-order valence-corrected chi connectivity index (χ1v) is 9.05. The zero-order chi connectivity index (χ0) is 14.6. The van der Waals surface area contributed by atoms with Crippen molar-refractivity contribution in [1.29, 1.82) is 0 Å². The van der Waals surface area contributed by atoms with Gasteiger partial charge in [0.2, 0.25) is 5.91 Å². The van der Waals surface area contributed by atoms with Gasteiger partial charge in [-0.05, 0) is 12.8 Å². The van der Waals surface area contributed by atoms with Crippen LogP contribution in [-0.4, -0.2) is 49.7 Å². The zero-order valence-electron chi connectivity index (χ0n) is 12.0. The van der Waals surface area contributed by atoms with E-state index in [0.29, 0.717) is 26.2 Å². The average molecular weight is 303 g/mol. The molecule has 2 fully saturated rings. The molecule has 2 rings (SSSR count). The van der Waals surface area contributed by atoms with Crippen LogP contribution < -0.4 is 5.14 Å². The molecule has 0 spiro atoms. The van der Waals surface area contributed by atoms with Crippen LogP contribution in [0.1, 0.15) is 44.9 Å². The predicted molar refractivity (Wildman–Crippen MR) is 77.1 cm³/mol. The molecular weight excluding hydrogens is 278 g/mol. The molecule has 20 heavy (non-hydrogen) atoms. The van der Waals surface area contributed by atoms with Crippen LogP contribution >= 0.6 is 0 Å². The zero-order valence-corrected chi connectivity index (χ0v) is 12.8. The molecule has 0 bridgehead atoms. The molecule has 1 saturated carbocycles. The maximum absolute atomic E-state index is 12.5. The minimum atomic E-state index is -3.62. The Bertz CT molecular complexity index is 422. The first-order chi connectivity index (χ1) is 9.48. The van der Waals surface area contributed by atoms with Gasteiger partial charge in [0.15, 0.2) is 0 Å². The van der Waals surface area contributed by atoms with Crippen molar-refractivity contribution in [2.24, 2.45) is 11.1 Å². The van der Waals surface area contributed by atoms with Crippen molar-refractivity contribution in [3.8, 4) is 0 Å². The van der Waals surface area contributed by atoms with Crippen molar-refractivity contribution < 1.29 is 13.2 Å². The smallest absolute Gasteiger partial charge is 0.277 e. The molecule has 6 nitrogen and oxygen atoms in total. The van der Waals surface area contributed by atoms with E-state index in [1.807, 2.05) is 4.90 Å². The fourth-order valence-corrected chi connectivity index (χ4v) is 3.80. The Morgan fingerprint density at radius 2 is 1.40 bits per heavy atom. The summed E-state index contributed by atoms with van der Waals surface area (Å²) in [5.41, 5.74) is 0. The van der Waals surface area contributed by atoms with Gasteiger partial charge in [-0.25, -0.2) is 5.14 Å². The molecule has 0 aromatic rings. The summed E-state index contributed by atoms with van der Waals surface area (Å²) in [5, 5.41) is 5.11. The Labute approximate surface area is 121 Å². The lowest BCUT2D eigenvalue weighted by molar-refractivity contribution is -0.137. The maximum atomic E-state index is 12.5. The van der Waals surface area contributed by atoms with Gasteiger partial charge >= 0.3 is 0 Å². The van der Waals surface area contributed by atoms with Crippen LogP contribution in [0.2, 0.25) is 0 Å². The highest BCUT2D eigenvalue weighted by atomic mass is 32.2. The van der Waals surface area contributed by atoms with E-state index in [2.05, 4.69) is 0 Å². The van der Waals surface area contributed by atoms with Gasteiger partial charge in [0, 0.05) is 32.1 Å². The SMILES string of the molecule is NS(=O)(=O)N1CCN(C(=O)C2CCCCCCC2)CC1. The highest BCUT2D eigenvalue weighted by Gasteiger charge is 2.30. The Morgan fingerprint density at radius 3 is 1.90 bits per heavy atom. The predicted octanol–water partition coefficient (Wildman–Crippen LogP) is 0.695. The average Bonchev–Trinajstić information content (AvgIpc) is 2.37. The standard InChI is InChI=1S/C13H25N3O3S/c14-20(18,19)16-10-8-15(9-11-16)13(17)12-6-4-2-1-3-5-7-12/h12H,1-11H2,(H2,14,18,19). The van der Waals surface area contributed by atoms with Crippen LogP contribution in [0.4, 0.5) is 0 Å². The molecule has 0 atom stereocenters. The van der Waals surface area contributed by atoms with Gasteiger partial charge in [0.25, 0.3) is 10.2 Å². The van der Waals surface area contributed by atoms with Gasteiger partial charge in [-0.2, -0.15) is 12.7 Å². The van der Waals surface area contributed by atoms with Gasteiger partial charge in [0.1, 0.15) is 0 Å². The lowest BCUT2D eigenvalue weighted by Gasteiger charge is -2.35. The molecule has 0 unspecified atom stereocenters. The van der Waals surface area contributed by atoms with Crippen molar-refractivity contribution >= 4 is 16.1 Å². The van der Waals surface area contributed by atoms with Crippen molar-refractivity contribution in [2.45, 2.75) is 44.9 Å². The molecule has 7 heteroatoms. The van der Waals surface area contributed by atoms with Gasteiger partial charge in [-0.15, -0.1) is 0 Å². The Morgan fingerprint density at radius 1 is 0.900 bits per heavy atom. The van der Waals surface area contributed by atoms with Crippen LogP contribution in [0.5, 0.6) is 0 Å². The third-order valence-corrected chi connectivity index (χ3v) is 5.45. The summed E-state index contributed by atoms with van der Waals surface area (Å²) in [4.78, 5) is 14.3. The first kappa shape index (κ1) is 15.7. The molecular formula is C13H25N3O3S. The number of hydrogen-bond acceptors (Lipinski definition) is 3. The van der Waals surface area contributed by atoms with Crippen LogP contribution in [-0.2, 0) is 15.0 Å². The second-order valence-electron chi connectivity index (χ2n) is 5.81. The lowest BCUT2D eigenvalue weighted by Crippen LogP contribution is -2.53. The molecule has 0 aromatic carbocycles. The minimum Gasteiger partial charge on any atom is -0.340 e. The largest absolute Gasteiger partial charge is 0.340 e. The quantitative estimate of drug-likeness (QED) is 0.815.